The van der Waals surface area contributed by atoms with Crippen LogP contribution < -0.4 is 16.8 Å². The molecule has 0 radical (unpaired) electrons. The summed E-state index contributed by atoms with van der Waals surface area (Å²) in [5.41, 5.74) is 0. The van der Waals surface area contributed by atoms with E-state index >= 15 is 0 Å². The molecule has 0 amide bonds. The van der Waals surface area contributed by atoms with Gasteiger partial charge in [-0.1, -0.05) is 0 Å². The molecule has 7 heteroatoms. The van der Waals surface area contributed by atoms with Gasteiger partial charge < -0.3 is 16.8 Å². The molecule has 0 fully saturated rings. The fourth-order valence-electron chi connectivity index (χ4n) is 0. The van der Waals surface area contributed by atoms with Crippen LogP contribution in [0.3, 0.4) is 0 Å². The molecule has 0 bridgehead atoms. The van der Waals surface area contributed by atoms with Gasteiger partial charge in [0.15, 0.2) is 31.1 Å². The average molecular weight is 311 g/mol. The van der Waals surface area contributed by atoms with E-state index in [4.69, 9.17) is 16.8 Å². The zero-order chi connectivity index (χ0) is 5.41. The second-order valence-electron chi connectivity index (χ2n) is 0.126. The molecule has 0 N–H and O–H groups in total. The summed E-state index contributed by atoms with van der Waals surface area (Å²) in [6.45, 7) is 0. The van der Waals surface area contributed by atoms with Crippen molar-refractivity contribution < 1.29 is 47.9 Å². The van der Waals surface area contributed by atoms with Crippen LogP contribution in [0.1, 0.15) is 0 Å². The molecule has 0 aliphatic rings. The van der Waals surface area contributed by atoms with Gasteiger partial charge in [-0.15, -0.1) is 0 Å². The molecule has 0 rings (SSSR count). The van der Waals surface area contributed by atoms with Crippen LogP contribution in [-0.2, 0) is 0 Å². The fraction of sp³-hybridized carbons (Fsp3) is 0. The van der Waals surface area contributed by atoms with Crippen molar-refractivity contribution in [3.05, 3.63) is 0 Å². The van der Waals surface area contributed by atoms with Crippen LogP contribution in [0.4, 0.5) is 0 Å². The van der Waals surface area contributed by atoms with E-state index < -0.39 is 31.1 Å². The number of halogens is 2. The SMILES string of the molecule is [O-][Br+][O-].[O-][Br+][O-].[Sr+2]. The fourth-order valence-corrected chi connectivity index (χ4v) is 0. The molecule has 0 heterocycles. The number of hydrogen-bond donors (Lipinski definition) is 0. The number of rotatable bonds is 0. The van der Waals surface area contributed by atoms with Crippen LogP contribution in [-0.4, -0.2) is 45.5 Å². The van der Waals surface area contributed by atoms with Crippen molar-refractivity contribution in [3.63, 3.8) is 0 Å². The van der Waals surface area contributed by atoms with Crippen molar-refractivity contribution in [1.82, 2.24) is 0 Å². The Kier molecular flexibility index (Phi) is 55.2. The monoisotopic (exact) mass is 310 g/mol. The van der Waals surface area contributed by atoms with Crippen LogP contribution >= 0.6 is 0 Å². The Morgan fingerprint density at radius 3 is 0.714 bits per heavy atom. The summed E-state index contributed by atoms with van der Waals surface area (Å²) in [4.78, 5) is 0. The summed E-state index contributed by atoms with van der Waals surface area (Å²) in [5, 5.41) is 0. The molecule has 0 aromatic heterocycles. The summed E-state index contributed by atoms with van der Waals surface area (Å²) in [6, 6.07) is 0. The molecule has 0 aromatic rings. The smallest absolute Gasteiger partial charge is 0.585 e. The summed E-state index contributed by atoms with van der Waals surface area (Å²) < 4.78 is 33.6. The minimum atomic E-state index is -1.44. The second kappa shape index (κ2) is 24.0. The Labute approximate surface area is 91.7 Å². The Bertz CT molecular complexity index is 11.7. The average Bonchev–Trinajstić information content (AvgIpc) is 1.39. The largest absolute Gasteiger partial charge is 2.00 e. The van der Waals surface area contributed by atoms with Crippen molar-refractivity contribution in [2.75, 3.05) is 0 Å². The molecular weight excluding hydrogens is 311 g/mol. The molecular formula is Br2O4Sr. The third kappa shape index (κ3) is 62.8. The van der Waals surface area contributed by atoms with E-state index in [9.17, 15) is 0 Å². The first-order valence-electron chi connectivity index (χ1n) is 0.617. The topological polar surface area (TPSA) is 92.2 Å². The van der Waals surface area contributed by atoms with Crippen molar-refractivity contribution in [1.29, 1.82) is 0 Å². The molecule has 0 unspecified atom stereocenters. The van der Waals surface area contributed by atoms with Gasteiger partial charge in [0.1, 0.15) is 0 Å². The zero-order valence-corrected chi connectivity index (χ0v) is 9.74. The third-order valence-electron chi connectivity index (χ3n) is 0. The summed E-state index contributed by atoms with van der Waals surface area (Å²) in [7, 11) is 0. The molecule has 7 heavy (non-hydrogen) atoms. The minimum Gasteiger partial charge on any atom is -0.585 e. The molecule has 0 saturated heterocycles. The molecule has 0 aromatic carbocycles. The van der Waals surface area contributed by atoms with E-state index in [2.05, 4.69) is 0 Å². The van der Waals surface area contributed by atoms with E-state index in [1.54, 1.807) is 0 Å². The zero-order valence-electron chi connectivity index (χ0n) is 3.10. The van der Waals surface area contributed by atoms with Gasteiger partial charge in [-0.25, -0.2) is 0 Å². The van der Waals surface area contributed by atoms with Gasteiger partial charge in [-0.2, -0.15) is 0 Å². The maximum atomic E-state index is 8.41. The first-order chi connectivity index (χ1) is 2.83. The van der Waals surface area contributed by atoms with Crippen LogP contribution in [0.5, 0.6) is 0 Å². The Morgan fingerprint density at radius 1 is 0.714 bits per heavy atom. The van der Waals surface area contributed by atoms with E-state index in [0.29, 0.717) is 0 Å². The van der Waals surface area contributed by atoms with Gasteiger partial charge in [-0.05, 0) is 0 Å². The predicted octanol–water partition coefficient (Wildman–Crippen LogP) is -5.14. The van der Waals surface area contributed by atoms with Gasteiger partial charge in [-0.3, -0.25) is 0 Å². The maximum Gasteiger partial charge on any atom is 2.00 e. The molecule has 0 saturated carbocycles. The van der Waals surface area contributed by atoms with Gasteiger partial charge in [0.2, 0.25) is 0 Å². The van der Waals surface area contributed by atoms with E-state index in [1.807, 2.05) is 0 Å². The molecule has 4 nitrogen and oxygen atoms in total. The summed E-state index contributed by atoms with van der Waals surface area (Å²) in [6.07, 6.45) is 0. The van der Waals surface area contributed by atoms with Crippen molar-refractivity contribution in [2.45, 2.75) is 0 Å². The Hall–Kier alpha value is 2.28. The molecule has 40 valence electrons. The second-order valence-corrected chi connectivity index (χ2v) is 0.655. The van der Waals surface area contributed by atoms with Crippen molar-refractivity contribution >= 4 is 45.5 Å². The molecule has 0 aliphatic heterocycles. The molecule has 0 atom stereocenters. The van der Waals surface area contributed by atoms with Gasteiger partial charge in [0, 0.05) is 0 Å². The molecule has 0 spiro atoms. The quantitative estimate of drug-likeness (QED) is 0.418. The third-order valence-corrected chi connectivity index (χ3v) is 0. The first kappa shape index (κ1) is 16.1. The van der Waals surface area contributed by atoms with Gasteiger partial charge in [0.05, 0.1) is 0 Å². The minimum absolute atomic E-state index is 0. The standard InChI is InChI=1S/2BrO2.Sr/c2*2-1-3;/q2*-1;+2. The Balaban J connectivity index is -0.0000000400. The van der Waals surface area contributed by atoms with Crippen LogP contribution in [0.25, 0.3) is 0 Å². The van der Waals surface area contributed by atoms with E-state index in [1.165, 1.54) is 0 Å². The van der Waals surface area contributed by atoms with Crippen LogP contribution in [0.2, 0.25) is 0 Å². The van der Waals surface area contributed by atoms with Gasteiger partial charge >= 0.3 is 45.5 Å². The van der Waals surface area contributed by atoms with Crippen molar-refractivity contribution in [3.8, 4) is 0 Å². The van der Waals surface area contributed by atoms with Crippen LogP contribution in [0.15, 0.2) is 0 Å². The first-order valence-corrected chi connectivity index (χ1v) is 3.21. The van der Waals surface area contributed by atoms with Crippen LogP contribution in [0, 0.1) is 31.1 Å². The van der Waals surface area contributed by atoms with Crippen molar-refractivity contribution in [2.24, 2.45) is 0 Å². The summed E-state index contributed by atoms with van der Waals surface area (Å²) >= 11 is -2.88. The maximum absolute atomic E-state index is 8.41. The number of hydrogen-bond acceptors (Lipinski definition) is 4. The predicted molar refractivity (Wildman–Crippen MR) is 5.75 cm³/mol. The van der Waals surface area contributed by atoms with E-state index in [0.717, 1.165) is 0 Å². The Morgan fingerprint density at radius 2 is 0.714 bits per heavy atom. The normalized spacial score (nSPS) is 5.14. The van der Waals surface area contributed by atoms with E-state index in [-0.39, 0.29) is 45.5 Å². The molecule has 0 aliphatic carbocycles. The summed E-state index contributed by atoms with van der Waals surface area (Å²) in [5.74, 6) is 0. The van der Waals surface area contributed by atoms with Gasteiger partial charge in [0.25, 0.3) is 0 Å².